The monoisotopic (exact) mass is 456 g/mol. The predicted molar refractivity (Wildman–Crippen MR) is 130 cm³/mol. The van der Waals surface area contributed by atoms with Crippen LogP contribution in [-0.4, -0.2) is 51.0 Å². The first kappa shape index (κ1) is 20.1. The SMILES string of the molecule is Cc1nc2c(-c3ccnnc3)cc(N3CCOCC3)cc2n1-c1ccnc2c(Cl)cccc12. The van der Waals surface area contributed by atoms with Crippen LogP contribution >= 0.6 is 11.6 Å². The van der Waals surface area contributed by atoms with Crippen molar-refractivity contribution in [1.29, 1.82) is 0 Å². The van der Waals surface area contributed by atoms with Crippen LogP contribution in [-0.2, 0) is 4.74 Å². The highest BCUT2D eigenvalue weighted by molar-refractivity contribution is 6.35. The molecule has 2 aromatic carbocycles. The molecule has 164 valence electrons. The van der Waals surface area contributed by atoms with Crippen LogP contribution in [0.4, 0.5) is 5.69 Å². The molecule has 0 spiro atoms. The number of ether oxygens (including phenoxy) is 1. The van der Waals surface area contributed by atoms with Gasteiger partial charge in [-0.3, -0.25) is 9.55 Å². The van der Waals surface area contributed by atoms with Crippen LogP contribution in [0.5, 0.6) is 0 Å². The molecule has 1 fully saturated rings. The number of halogens is 1. The Hall–Kier alpha value is -3.55. The minimum atomic E-state index is 0.633. The summed E-state index contributed by atoms with van der Waals surface area (Å²) in [5.41, 5.74) is 6.87. The van der Waals surface area contributed by atoms with Gasteiger partial charge in [0.15, 0.2) is 0 Å². The van der Waals surface area contributed by atoms with E-state index in [1.54, 1.807) is 18.6 Å². The number of morpholine rings is 1. The van der Waals surface area contributed by atoms with Gasteiger partial charge in [-0.2, -0.15) is 10.2 Å². The third kappa shape index (κ3) is 3.41. The normalized spacial score (nSPS) is 14.3. The Morgan fingerprint density at radius 1 is 0.970 bits per heavy atom. The van der Waals surface area contributed by atoms with Crippen molar-refractivity contribution in [2.24, 2.45) is 0 Å². The number of fused-ring (bicyclic) bond motifs is 2. The molecule has 0 radical (unpaired) electrons. The van der Waals surface area contributed by atoms with Crippen LogP contribution in [0, 0.1) is 6.92 Å². The molecule has 0 aliphatic carbocycles. The van der Waals surface area contributed by atoms with E-state index in [1.807, 2.05) is 37.3 Å². The Bertz CT molecular complexity index is 1480. The maximum Gasteiger partial charge on any atom is 0.111 e. The molecule has 0 bridgehead atoms. The van der Waals surface area contributed by atoms with Gasteiger partial charge in [0, 0.05) is 41.5 Å². The van der Waals surface area contributed by atoms with Crippen LogP contribution in [0.15, 0.2) is 61.1 Å². The third-order valence-electron chi connectivity index (χ3n) is 6.12. The number of hydrogen-bond acceptors (Lipinski definition) is 6. The molecule has 33 heavy (non-hydrogen) atoms. The van der Waals surface area contributed by atoms with Crippen molar-refractivity contribution in [3.8, 4) is 16.8 Å². The second kappa shape index (κ2) is 8.10. The molecule has 6 rings (SSSR count). The number of benzene rings is 2. The van der Waals surface area contributed by atoms with Crippen molar-refractivity contribution >= 4 is 39.2 Å². The molecule has 3 aromatic heterocycles. The molecule has 0 saturated carbocycles. The molecular weight excluding hydrogens is 436 g/mol. The Balaban J connectivity index is 1.66. The maximum absolute atomic E-state index is 6.46. The van der Waals surface area contributed by atoms with Crippen LogP contribution in [0.25, 0.3) is 38.8 Å². The van der Waals surface area contributed by atoms with E-state index in [-0.39, 0.29) is 0 Å². The van der Waals surface area contributed by atoms with Gasteiger partial charge in [0.1, 0.15) is 5.82 Å². The van der Waals surface area contributed by atoms with Gasteiger partial charge in [0.2, 0.25) is 0 Å². The van der Waals surface area contributed by atoms with Crippen LogP contribution < -0.4 is 4.90 Å². The summed E-state index contributed by atoms with van der Waals surface area (Å²) >= 11 is 6.46. The number of imidazole rings is 1. The predicted octanol–water partition coefficient (Wildman–Crippen LogP) is 4.83. The molecule has 1 aliphatic rings. The zero-order valence-electron chi connectivity index (χ0n) is 18.1. The van der Waals surface area contributed by atoms with Crippen molar-refractivity contribution in [1.82, 2.24) is 24.7 Å². The summed E-state index contributed by atoms with van der Waals surface area (Å²) in [5, 5.41) is 9.68. The Morgan fingerprint density at radius 2 is 1.85 bits per heavy atom. The third-order valence-corrected chi connectivity index (χ3v) is 6.43. The summed E-state index contributed by atoms with van der Waals surface area (Å²) in [5.74, 6) is 0.889. The molecule has 0 atom stereocenters. The highest BCUT2D eigenvalue weighted by Crippen LogP contribution is 2.36. The molecule has 0 amide bonds. The molecule has 7 nitrogen and oxygen atoms in total. The topological polar surface area (TPSA) is 69.0 Å². The molecule has 4 heterocycles. The fraction of sp³-hybridized carbons (Fsp3) is 0.200. The standard InChI is InChI=1S/C25H21ClN6O/c1-16-30-25-20(17-5-8-28-29-15-17)13-18(31-9-11-33-12-10-31)14-23(25)32(16)22-6-7-27-24-19(22)3-2-4-21(24)26/h2-8,13-15H,9-12H2,1H3. The Morgan fingerprint density at radius 3 is 2.67 bits per heavy atom. The summed E-state index contributed by atoms with van der Waals surface area (Å²) < 4.78 is 7.78. The zero-order chi connectivity index (χ0) is 22.4. The lowest BCUT2D eigenvalue weighted by Gasteiger charge is -2.29. The maximum atomic E-state index is 6.46. The lowest BCUT2D eigenvalue weighted by Crippen LogP contribution is -2.36. The quantitative estimate of drug-likeness (QED) is 0.387. The van der Waals surface area contributed by atoms with Crippen molar-refractivity contribution in [2.75, 3.05) is 31.2 Å². The van der Waals surface area contributed by atoms with Gasteiger partial charge in [-0.15, -0.1) is 0 Å². The summed E-state index contributed by atoms with van der Waals surface area (Å²) in [6.07, 6.45) is 5.30. The number of para-hydroxylation sites is 1. The Kier molecular flexibility index (Phi) is 4.93. The van der Waals surface area contributed by atoms with Crippen LogP contribution in [0.2, 0.25) is 5.02 Å². The van der Waals surface area contributed by atoms with Crippen molar-refractivity contribution in [3.05, 3.63) is 71.9 Å². The first-order chi connectivity index (χ1) is 16.2. The smallest absolute Gasteiger partial charge is 0.111 e. The number of aryl methyl sites for hydroxylation is 1. The van der Waals surface area contributed by atoms with Crippen molar-refractivity contribution < 1.29 is 4.74 Å². The molecule has 0 unspecified atom stereocenters. The fourth-order valence-electron chi connectivity index (χ4n) is 4.58. The summed E-state index contributed by atoms with van der Waals surface area (Å²) in [6.45, 7) is 5.16. The second-order valence-electron chi connectivity index (χ2n) is 8.05. The number of rotatable bonds is 3. The second-order valence-corrected chi connectivity index (χ2v) is 8.46. The largest absolute Gasteiger partial charge is 0.378 e. The van der Waals surface area contributed by atoms with E-state index in [9.17, 15) is 0 Å². The van der Waals surface area contributed by atoms with Gasteiger partial charge >= 0.3 is 0 Å². The summed E-state index contributed by atoms with van der Waals surface area (Å²) in [4.78, 5) is 11.9. The molecular formula is C25H21ClN6O. The van der Waals surface area contributed by atoms with Gasteiger partial charge in [-0.1, -0.05) is 23.7 Å². The summed E-state index contributed by atoms with van der Waals surface area (Å²) in [7, 11) is 0. The van der Waals surface area contributed by atoms with E-state index < -0.39 is 0 Å². The Labute approximate surface area is 195 Å². The van der Waals surface area contributed by atoms with Gasteiger partial charge in [0.25, 0.3) is 0 Å². The van der Waals surface area contributed by atoms with Crippen molar-refractivity contribution in [2.45, 2.75) is 6.92 Å². The van der Waals surface area contributed by atoms with Crippen LogP contribution in [0.3, 0.4) is 0 Å². The fourth-order valence-corrected chi connectivity index (χ4v) is 4.80. The highest BCUT2D eigenvalue weighted by atomic mass is 35.5. The average molecular weight is 457 g/mol. The lowest BCUT2D eigenvalue weighted by molar-refractivity contribution is 0.122. The highest BCUT2D eigenvalue weighted by Gasteiger charge is 2.20. The number of hydrogen-bond donors (Lipinski definition) is 0. The molecule has 0 N–H and O–H groups in total. The van der Waals surface area contributed by atoms with E-state index in [0.29, 0.717) is 5.02 Å². The number of aromatic nitrogens is 5. The van der Waals surface area contributed by atoms with Crippen LogP contribution in [0.1, 0.15) is 5.82 Å². The number of nitrogens with zero attached hydrogens (tertiary/aromatic N) is 6. The molecule has 5 aromatic rings. The minimum Gasteiger partial charge on any atom is -0.378 e. The molecule has 8 heteroatoms. The van der Waals surface area contributed by atoms with E-state index >= 15 is 0 Å². The average Bonchev–Trinajstić information content (AvgIpc) is 3.20. The first-order valence-corrected chi connectivity index (χ1v) is 11.2. The number of pyridine rings is 1. The lowest BCUT2D eigenvalue weighted by atomic mass is 10.0. The molecule has 1 aliphatic heterocycles. The van der Waals surface area contributed by atoms with Gasteiger partial charge in [0.05, 0.1) is 52.9 Å². The van der Waals surface area contributed by atoms with Gasteiger partial charge in [-0.25, -0.2) is 4.98 Å². The van der Waals surface area contributed by atoms with Crippen molar-refractivity contribution in [3.63, 3.8) is 0 Å². The van der Waals surface area contributed by atoms with E-state index in [1.165, 1.54) is 0 Å². The van der Waals surface area contributed by atoms with Gasteiger partial charge in [-0.05, 0) is 37.3 Å². The van der Waals surface area contributed by atoms with E-state index in [4.69, 9.17) is 21.3 Å². The van der Waals surface area contributed by atoms with E-state index in [2.05, 4.69) is 36.8 Å². The molecule has 1 saturated heterocycles. The minimum absolute atomic E-state index is 0.633. The van der Waals surface area contributed by atoms with E-state index in [0.717, 1.165) is 76.6 Å². The number of anilines is 1. The first-order valence-electron chi connectivity index (χ1n) is 10.9. The summed E-state index contributed by atoms with van der Waals surface area (Å²) in [6, 6.07) is 14.3. The van der Waals surface area contributed by atoms with Gasteiger partial charge < -0.3 is 9.64 Å². The zero-order valence-corrected chi connectivity index (χ0v) is 18.8.